The number of carboxylic acid groups (broad SMARTS) is 1. The predicted molar refractivity (Wildman–Crippen MR) is 91.4 cm³/mol. The van der Waals surface area contributed by atoms with Crippen molar-refractivity contribution in [2.45, 2.75) is 19.7 Å². The standard InChI is InChI=1S/C20H14F4O3/c1-11-8-16-13(9-17(11)21)4-7-15(19(25)26)18(16)27-10-12-2-5-14(6-3-12)20(22,23)24/h2-9H,10H2,1H3,(H,25,26). The topological polar surface area (TPSA) is 46.5 Å². The maximum Gasteiger partial charge on any atom is 0.416 e. The molecule has 0 saturated heterocycles. The summed E-state index contributed by atoms with van der Waals surface area (Å²) in [6, 6.07) is 9.94. The molecule has 1 N–H and O–H groups in total. The molecule has 0 aliphatic rings. The minimum Gasteiger partial charge on any atom is -0.487 e. The summed E-state index contributed by atoms with van der Waals surface area (Å²) < 4.78 is 57.3. The molecule has 3 aromatic carbocycles. The molecule has 0 heterocycles. The molecule has 0 unspecified atom stereocenters. The number of carboxylic acids is 1. The van der Waals surface area contributed by atoms with Crippen LogP contribution in [0.15, 0.2) is 48.5 Å². The molecule has 27 heavy (non-hydrogen) atoms. The Morgan fingerprint density at radius 3 is 2.33 bits per heavy atom. The number of aryl methyl sites for hydroxylation is 1. The molecule has 0 aromatic heterocycles. The zero-order chi connectivity index (χ0) is 19.8. The molecule has 0 amide bonds. The summed E-state index contributed by atoms with van der Waals surface area (Å²) in [5, 5.41) is 10.3. The summed E-state index contributed by atoms with van der Waals surface area (Å²) in [5.41, 5.74) is -0.131. The van der Waals surface area contributed by atoms with Crippen LogP contribution in [0.4, 0.5) is 17.6 Å². The third-order valence-electron chi connectivity index (χ3n) is 4.14. The number of benzene rings is 3. The van der Waals surface area contributed by atoms with Crippen molar-refractivity contribution < 1.29 is 32.2 Å². The number of fused-ring (bicyclic) bond motifs is 1. The average Bonchev–Trinajstić information content (AvgIpc) is 2.60. The van der Waals surface area contributed by atoms with Crippen molar-refractivity contribution in [3.8, 4) is 5.75 Å². The van der Waals surface area contributed by atoms with Crippen LogP contribution >= 0.6 is 0 Å². The van der Waals surface area contributed by atoms with Crippen LogP contribution in [0.25, 0.3) is 10.8 Å². The van der Waals surface area contributed by atoms with Crippen molar-refractivity contribution in [3.05, 3.63) is 76.6 Å². The van der Waals surface area contributed by atoms with Crippen LogP contribution in [0.1, 0.15) is 27.0 Å². The molecule has 7 heteroatoms. The third-order valence-corrected chi connectivity index (χ3v) is 4.14. The summed E-state index contributed by atoms with van der Waals surface area (Å²) in [7, 11) is 0. The second kappa shape index (κ2) is 6.90. The van der Waals surface area contributed by atoms with Gasteiger partial charge < -0.3 is 9.84 Å². The van der Waals surface area contributed by atoms with E-state index in [0.29, 0.717) is 21.9 Å². The highest BCUT2D eigenvalue weighted by atomic mass is 19.4. The van der Waals surface area contributed by atoms with Crippen LogP contribution < -0.4 is 4.74 Å². The molecule has 140 valence electrons. The van der Waals surface area contributed by atoms with E-state index in [9.17, 15) is 27.5 Å². The highest BCUT2D eigenvalue weighted by Gasteiger charge is 2.30. The van der Waals surface area contributed by atoms with Crippen molar-refractivity contribution in [2.75, 3.05) is 0 Å². The van der Waals surface area contributed by atoms with Gasteiger partial charge in [-0.05, 0) is 53.8 Å². The molecular formula is C20H14F4O3. The Bertz CT molecular complexity index is 1010. The zero-order valence-electron chi connectivity index (χ0n) is 14.1. The minimum atomic E-state index is -4.44. The van der Waals surface area contributed by atoms with E-state index in [4.69, 9.17) is 4.74 Å². The fourth-order valence-electron chi connectivity index (χ4n) is 2.69. The molecule has 0 fully saturated rings. The lowest BCUT2D eigenvalue weighted by molar-refractivity contribution is -0.137. The van der Waals surface area contributed by atoms with Crippen molar-refractivity contribution in [1.82, 2.24) is 0 Å². The van der Waals surface area contributed by atoms with E-state index in [2.05, 4.69) is 0 Å². The lowest BCUT2D eigenvalue weighted by Gasteiger charge is -2.14. The first-order valence-corrected chi connectivity index (χ1v) is 7.92. The Morgan fingerprint density at radius 1 is 1.07 bits per heavy atom. The summed E-state index contributed by atoms with van der Waals surface area (Å²) in [4.78, 5) is 11.5. The maximum absolute atomic E-state index is 13.8. The summed E-state index contributed by atoms with van der Waals surface area (Å²) in [6.07, 6.45) is -4.44. The number of hydrogen-bond donors (Lipinski definition) is 1. The van der Waals surface area contributed by atoms with Gasteiger partial charge in [-0.1, -0.05) is 18.2 Å². The number of alkyl halides is 3. The molecule has 3 nitrogen and oxygen atoms in total. The quantitative estimate of drug-likeness (QED) is 0.603. The number of ether oxygens (including phenoxy) is 1. The predicted octanol–water partition coefficient (Wildman–Crippen LogP) is 5.58. The van der Waals surface area contributed by atoms with Gasteiger partial charge in [-0.3, -0.25) is 0 Å². The SMILES string of the molecule is Cc1cc2c(OCc3ccc(C(F)(F)F)cc3)c(C(=O)O)ccc2cc1F. The number of hydrogen-bond acceptors (Lipinski definition) is 2. The first kappa shape index (κ1) is 18.7. The van der Waals surface area contributed by atoms with Crippen LogP contribution in [-0.4, -0.2) is 11.1 Å². The fraction of sp³-hybridized carbons (Fsp3) is 0.150. The van der Waals surface area contributed by atoms with Gasteiger partial charge in [-0.25, -0.2) is 9.18 Å². The first-order chi connectivity index (χ1) is 12.7. The van der Waals surface area contributed by atoms with Gasteiger partial charge in [-0.15, -0.1) is 0 Å². The molecule has 3 rings (SSSR count). The van der Waals surface area contributed by atoms with E-state index in [-0.39, 0.29) is 17.9 Å². The van der Waals surface area contributed by atoms with Crippen LogP contribution in [0, 0.1) is 12.7 Å². The normalized spacial score (nSPS) is 11.6. The second-order valence-corrected chi connectivity index (χ2v) is 6.05. The Labute approximate surface area is 151 Å². The minimum absolute atomic E-state index is 0.0444. The van der Waals surface area contributed by atoms with E-state index in [1.54, 1.807) is 6.92 Å². The molecule has 0 radical (unpaired) electrons. The van der Waals surface area contributed by atoms with Crippen molar-refractivity contribution in [3.63, 3.8) is 0 Å². The molecule has 3 aromatic rings. The summed E-state index contributed by atoms with van der Waals surface area (Å²) in [6.45, 7) is 1.41. The Kier molecular flexibility index (Phi) is 4.78. The van der Waals surface area contributed by atoms with E-state index in [0.717, 1.165) is 12.1 Å². The van der Waals surface area contributed by atoms with Gasteiger partial charge in [0.1, 0.15) is 23.7 Å². The van der Waals surface area contributed by atoms with Crippen molar-refractivity contribution in [1.29, 1.82) is 0 Å². The maximum atomic E-state index is 13.8. The number of aromatic carboxylic acids is 1. The number of halogens is 4. The Hall–Kier alpha value is -3.09. The van der Waals surface area contributed by atoms with Gasteiger partial charge in [0, 0.05) is 5.39 Å². The second-order valence-electron chi connectivity index (χ2n) is 6.05. The zero-order valence-corrected chi connectivity index (χ0v) is 14.1. The molecule has 0 atom stereocenters. The van der Waals surface area contributed by atoms with Crippen LogP contribution in [-0.2, 0) is 12.8 Å². The lowest BCUT2D eigenvalue weighted by Crippen LogP contribution is -2.06. The van der Waals surface area contributed by atoms with Gasteiger partial charge in [0.05, 0.1) is 5.56 Å². The summed E-state index contributed by atoms with van der Waals surface area (Å²) in [5.74, 6) is -1.61. The Balaban J connectivity index is 1.96. The monoisotopic (exact) mass is 378 g/mol. The van der Waals surface area contributed by atoms with Crippen LogP contribution in [0.3, 0.4) is 0 Å². The lowest BCUT2D eigenvalue weighted by atomic mass is 10.0. The average molecular weight is 378 g/mol. The molecular weight excluding hydrogens is 364 g/mol. The van der Waals surface area contributed by atoms with Crippen molar-refractivity contribution >= 4 is 16.7 Å². The third kappa shape index (κ3) is 3.86. The van der Waals surface area contributed by atoms with Gasteiger partial charge in [0.25, 0.3) is 0 Å². The number of rotatable bonds is 4. The highest BCUT2D eigenvalue weighted by Crippen LogP contribution is 2.33. The fourth-order valence-corrected chi connectivity index (χ4v) is 2.69. The van der Waals surface area contributed by atoms with E-state index < -0.39 is 23.5 Å². The molecule has 0 aliphatic carbocycles. The Morgan fingerprint density at radius 2 is 1.74 bits per heavy atom. The number of carbonyl (C=O) groups is 1. The largest absolute Gasteiger partial charge is 0.487 e. The van der Waals surface area contributed by atoms with Gasteiger partial charge >= 0.3 is 12.1 Å². The van der Waals surface area contributed by atoms with Crippen LogP contribution in [0.5, 0.6) is 5.75 Å². The van der Waals surface area contributed by atoms with Gasteiger partial charge in [0.15, 0.2) is 0 Å². The molecule has 0 bridgehead atoms. The van der Waals surface area contributed by atoms with Crippen molar-refractivity contribution in [2.24, 2.45) is 0 Å². The summed E-state index contributed by atoms with van der Waals surface area (Å²) >= 11 is 0. The van der Waals surface area contributed by atoms with E-state index in [1.807, 2.05) is 0 Å². The molecule has 0 spiro atoms. The first-order valence-electron chi connectivity index (χ1n) is 7.92. The van der Waals surface area contributed by atoms with E-state index >= 15 is 0 Å². The smallest absolute Gasteiger partial charge is 0.416 e. The molecule has 0 saturated carbocycles. The van der Waals surface area contributed by atoms with E-state index in [1.165, 1.54) is 36.4 Å². The highest BCUT2D eigenvalue weighted by molar-refractivity contribution is 6.00. The van der Waals surface area contributed by atoms with Gasteiger partial charge in [-0.2, -0.15) is 13.2 Å². The molecule has 0 aliphatic heterocycles. The van der Waals surface area contributed by atoms with Crippen LogP contribution in [0.2, 0.25) is 0 Å². The van der Waals surface area contributed by atoms with Gasteiger partial charge in [0.2, 0.25) is 0 Å².